The molecule has 7 nitrogen and oxygen atoms in total. The molecule has 1 aromatic heterocycles. The van der Waals surface area contributed by atoms with Crippen LogP contribution >= 0.6 is 11.6 Å². The molecule has 0 atom stereocenters. The van der Waals surface area contributed by atoms with Gasteiger partial charge in [0.1, 0.15) is 5.21 Å². The number of anilines is 1. The molecule has 1 saturated carbocycles. The molecule has 1 aliphatic rings. The molecule has 3 rings (SSSR count). The van der Waals surface area contributed by atoms with Gasteiger partial charge in [-0.2, -0.15) is 0 Å². The number of nitrogens with zero attached hydrogens (tertiary/aromatic N) is 4. The van der Waals surface area contributed by atoms with Crippen LogP contribution in [0.2, 0.25) is 0 Å². The Bertz CT molecular complexity index is 709. The van der Waals surface area contributed by atoms with E-state index in [0.717, 1.165) is 18.4 Å². The fourth-order valence-electron chi connectivity index (χ4n) is 1.84. The minimum Gasteiger partial charge on any atom is -0.283 e. The summed E-state index contributed by atoms with van der Waals surface area (Å²) in [6.07, 6.45) is 2.18. The molecule has 20 heavy (non-hydrogen) atoms. The van der Waals surface area contributed by atoms with Crippen LogP contribution in [0.5, 0.6) is 0 Å². The maximum atomic E-state index is 11.4. The fourth-order valence-corrected chi connectivity index (χ4v) is 2.56. The number of sulfonamides is 1. The molecule has 2 aromatic rings. The first-order valence-electron chi connectivity index (χ1n) is 6.04. The van der Waals surface area contributed by atoms with E-state index < -0.39 is 15.2 Å². The first kappa shape index (κ1) is 13.3. The van der Waals surface area contributed by atoms with Crippen LogP contribution in [-0.2, 0) is 10.0 Å². The van der Waals surface area contributed by atoms with Crippen LogP contribution in [0, 0.1) is 0 Å². The summed E-state index contributed by atoms with van der Waals surface area (Å²) in [6.45, 7) is 0. The zero-order valence-electron chi connectivity index (χ0n) is 10.4. The van der Waals surface area contributed by atoms with Gasteiger partial charge in [-0.3, -0.25) is 4.72 Å². The normalized spacial score (nSPS) is 15.2. The molecule has 0 unspecified atom stereocenters. The second-order valence-electron chi connectivity index (χ2n) is 4.58. The number of rotatable bonds is 5. The molecule has 0 spiro atoms. The Hall–Kier alpha value is -1.67. The second-order valence-corrected chi connectivity index (χ2v) is 6.89. The van der Waals surface area contributed by atoms with Gasteiger partial charge in [0.15, 0.2) is 5.82 Å². The average Bonchev–Trinajstić information content (AvgIpc) is 3.17. The summed E-state index contributed by atoms with van der Waals surface area (Å²) < 4.78 is 26.9. The number of halogens is 1. The van der Waals surface area contributed by atoms with Crippen molar-refractivity contribution in [1.82, 2.24) is 20.2 Å². The highest BCUT2D eigenvalue weighted by atomic mass is 35.5. The number of aromatic nitrogens is 4. The molecule has 1 heterocycles. The molecule has 0 saturated heterocycles. The Morgan fingerprint density at radius 2 is 2.00 bits per heavy atom. The maximum absolute atomic E-state index is 11.4. The Morgan fingerprint density at radius 3 is 2.60 bits per heavy atom. The molecular weight excluding hydrogens is 302 g/mol. The van der Waals surface area contributed by atoms with Crippen molar-refractivity contribution in [3.63, 3.8) is 0 Å². The van der Waals surface area contributed by atoms with Crippen LogP contribution in [0.3, 0.4) is 0 Å². The van der Waals surface area contributed by atoms with E-state index in [0.29, 0.717) is 17.6 Å². The van der Waals surface area contributed by atoms with E-state index in [1.165, 1.54) is 0 Å². The summed E-state index contributed by atoms with van der Waals surface area (Å²) in [6, 6.07) is 7.25. The summed E-state index contributed by atoms with van der Waals surface area (Å²) in [4.78, 5) is 0. The van der Waals surface area contributed by atoms with Crippen LogP contribution < -0.4 is 4.72 Å². The van der Waals surface area contributed by atoms with E-state index in [1.807, 2.05) is 0 Å². The van der Waals surface area contributed by atoms with Crippen LogP contribution in [-0.4, -0.2) is 33.8 Å². The summed E-state index contributed by atoms with van der Waals surface area (Å²) in [5.74, 6) is 0.694. The van der Waals surface area contributed by atoms with Crippen molar-refractivity contribution in [2.75, 3.05) is 9.93 Å². The van der Waals surface area contributed by atoms with Gasteiger partial charge in [-0.05, 0) is 47.5 Å². The Labute approximate surface area is 121 Å². The molecule has 9 heteroatoms. The van der Waals surface area contributed by atoms with E-state index in [1.54, 1.807) is 28.9 Å². The number of alkyl halides is 1. The lowest BCUT2D eigenvalue weighted by molar-refractivity contribution is 0.605. The van der Waals surface area contributed by atoms with Crippen molar-refractivity contribution < 1.29 is 8.42 Å². The van der Waals surface area contributed by atoms with Gasteiger partial charge in [-0.25, -0.2) is 13.1 Å². The van der Waals surface area contributed by atoms with E-state index in [2.05, 4.69) is 20.2 Å². The minimum atomic E-state index is -3.48. The summed E-state index contributed by atoms with van der Waals surface area (Å²) >= 11 is 5.34. The lowest BCUT2D eigenvalue weighted by Gasteiger charge is -2.06. The van der Waals surface area contributed by atoms with Crippen molar-refractivity contribution in [3.8, 4) is 11.4 Å². The molecule has 0 aliphatic heterocycles. The first-order chi connectivity index (χ1) is 9.59. The quantitative estimate of drug-likeness (QED) is 0.847. The third-order valence-corrected chi connectivity index (χ3v) is 4.64. The Balaban J connectivity index is 1.84. The van der Waals surface area contributed by atoms with Crippen LogP contribution in [0.1, 0.15) is 18.9 Å². The lowest BCUT2D eigenvalue weighted by Crippen LogP contribution is -2.13. The van der Waals surface area contributed by atoms with E-state index in [4.69, 9.17) is 11.6 Å². The molecule has 106 valence electrons. The number of nitrogens with one attached hydrogen (secondary N) is 1. The molecule has 1 N–H and O–H groups in total. The minimum absolute atomic E-state index is 0.384. The predicted molar refractivity (Wildman–Crippen MR) is 74.8 cm³/mol. The third kappa shape index (κ3) is 2.75. The van der Waals surface area contributed by atoms with Gasteiger partial charge < -0.3 is 0 Å². The van der Waals surface area contributed by atoms with Crippen LogP contribution in [0.15, 0.2) is 24.3 Å². The highest BCUT2D eigenvalue weighted by Gasteiger charge is 2.28. The third-order valence-electron chi connectivity index (χ3n) is 2.95. The molecule has 1 aromatic carbocycles. The van der Waals surface area contributed by atoms with Crippen LogP contribution in [0.4, 0.5) is 5.69 Å². The zero-order chi connectivity index (χ0) is 14.2. The van der Waals surface area contributed by atoms with E-state index in [9.17, 15) is 8.42 Å². The number of benzene rings is 1. The molecule has 0 amide bonds. The molecule has 1 aliphatic carbocycles. The summed E-state index contributed by atoms with van der Waals surface area (Å²) in [7, 11) is -3.48. The number of hydrogen-bond donors (Lipinski definition) is 1. The summed E-state index contributed by atoms with van der Waals surface area (Å²) in [5.41, 5.74) is 1.30. The fraction of sp³-hybridized carbons (Fsp3) is 0.364. The first-order valence-corrected chi connectivity index (χ1v) is 8.22. The van der Waals surface area contributed by atoms with Gasteiger partial charge in [0, 0.05) is 11.3 Å². The highest BCUT2D eigenvalue weighted by Crippen LogP contribution is 2.36. The summed E-state index contributed by atoms with van der Waals surface area (Å²) in [5, 5.41) is 11.2. The second kappa shape index (κ2) is 5.02. The SMILES string of the molecule is O=S(=O)(CCl)Nc1ccc(-c2nnnn2C2CC2)cc1. The van der Waals surface area contributed by atoms with E-state index in [-0.39, 0.29) is 0 Å². The maximum Gasteiger partial charge on any atom is 0.246 e. The highest BCUT2D eigenvalue weighted by molar-refractivity contribution is 7.93. The Morgan fingerprint density at radius 1 is 1.30 bits per heavy atom. The van der Waals surface area contributed by atoms with Crippen molar-refractivity contribution in [2.24, 2.45) is 0 Å². The van der Waals surface area contributed by atoms with Crippen molar-refractivity contribution in [2.45, 2.75) is 18.9 Å². The predicted octanol–water partition coefficient (Wildman–Crippen LogP) is 1.61. The monoisotopic (exact) mass is 313 g/mol. The van der Waals surface area contributed by atoms with Crippen molar-refractivity contribution in [3.05, 3.63) is 24.3 Å². The molecule has 1 fully saturated rings. The topological polar surface area (TPSA) is 89.8 Å². The molecular formula is C11H12ClN5O2S. The van der Waals surface area contributed by atoms with Crippen LogP contribution in [0.25, 0.3) is 11.4 Å². The molecule has 0 bridgehead atoms. The number of tetrazole rings is 1. The largest absolute Gasteiger partial charge is 0.283 e. The van der Waals surface area contributed by atoms with Crippen molar-refractivity contribution >= 4 is 27.3 Å². The van der Waals surface area contributed by atoms with Gasteiger partial charge >= 0.3 is 0 Å². The number of hydrogen-bond acceptors (Lipinski definition) is 5. The smallest absolute Gasteiger partial charge is 0.246 e. The van der Waals surface area contributed by atoms with Gasteiger partial charge in [0.25, 0.3) is 0 Å². The zero-order valence-corrected chi connectivity index (χ0v) is 12.0. The van der Waals surface area contributed by atoms with Gasteiger partial charge in [-0.15, -0.1) is 16.7 Å². The standard InChI is InChI=1S/C11H12ClN5O2S/c12-7-20(18,19)14-9-3-1-8(2-4-9)11-13-15-16-17(11)10-5-6-10/h1-4,10,14H,5-7H2. The molecule has 0 radical (unpaired) electrons. The van der Waals surface area contributed by atoms with Gasteiger partial charge in [0.2, 0.25) is 10.0 Å². The van der Waals surface area contributed by atoms with Gasteiger partial charge in [-0.1, -0.05) is 0 Å². The lowest BCUT2D eigenvalue weighted by atomic mass is 10.2. The van der Waals surface area contributed by atoms with E-state index >= 15 is 0 Å². The Kier molecular flexibility index (Phi) is 3.35. The van der Waals surface area contributed by atoms with Gasteiger partial charge in [0.05, 0.1) is 6.04 Å². The van der Waals surface area contributed by atoms with Crippen molar-refractivity contribution in [1.29, 1.82) is 0 Å². The average molecular weight is 314 g/mol.